The normalized spacial score (nSPS) is 24.1. The van der Waals surface area contributed by atoms with Crippen LogP contribution in [-0.2, 0) is 9.53 Å². The molecule has 0 aliphatic carbocycles. The van der Waals surface area contributed by atoms with Crippen LogP contribution in [0.3, 0.4) is 0 Å². The molecule has 1 N–H and O–H groups in total. The van der Waals surface area contributed by atoms with Gasteiger partial charge in [-0.15, -0.1) is 0 Å². The molecule has 0 radical (unpaired) electrons. The van der Waals surface area contributed by atoms with Crippen LogP contribution in [0.25, 0.3) is 0 Å². The van der Waals surface area contributed by atoms with Crippen molar-refractivity contribution >= 4 is 12.0 Å². The van der Waals surface area contributed by atoms with Crippen LogP contribution in [0.5, 0.6) is 0 Å². The van der Waals surface area contributed by atoms with E-state index in [-0.39, 0.29) is 24.5 Å². The fourth-order valence-corrected chi connectivity index (χ4v) is 3.07. The summed E-state index contributed by atoms with van der Waals surface area (Å²) in [5.74, 6) is -0.667. The minimum atomic E-state index is -0.776. The van der Waals surface area contributed by atoms with Crippen molar-refractivity contribution in [1.29, 1.82) is 0 Å². The standard InChI is InChI=1S/C14H24N2O4/c1-2-20-12-4-7-15(8-5-12)14(19)16-6-3-11(10-16)9-13(17)18/h11-12H,2-10H2,1H3,(H,17,18). The Labute approximate surface area is 119 Å². The van der Waals surface area contributed by atoms with Crippen molar-refractivity contribution in [2.75, 3.05) is 32.8 Å². The lowest BCUT2D eigenvalue weighted by Crippen LogP contribution is -2.47. The molecule has 6 nitrogen and oxygen atoms in total. The van der Waals surface area contributed by atoms with Gasteiger partial charge in [0.05, 0.1) is 6.10 Å². The van der Waals surface area contributed by atoms with Crippen molar-refractivity contribution < 1.29 is 19.4 Å². The van der Waals surface area contributed by atoms with Crippen molar-refractivity contribution in [2.24, 2.45) is 5.92 Å². The van der Waals surface area contributed by atoms with E-state index in [9.17, 15) is 9.59 Å². The quantitative estimate of drug-likeness (QED) is 0.847. The topological polar surface area (TPSA) is 70.1 Å². The predicted octanol–water partition coefficient (Wildman–Crippen LogP) is 1.40. The number of hydrogen-bond donors (Lipinski definition) is 1. The minimum absolute atomic E-state index is 0.0628. The monoisotopic (exact) mass is 284 g/mol. The highest BCUT2D eigenvalue weighted by atomic mass is 16.5. The van der Waals surface area contributed by atoms with E-state index >= 15 is 0 Å². The molecule has 0 aromatic rings. The number of likely N-dealkylation sites (tertiary alicyclic amines) is 2. The molecule has 1 atom stereocenters. The van der Waals surface area contributed by atoms with Gasteiger partial charge in [-0.1, -0.05) is 0 Å². The SMILES string of the molecule is CCOC1CCN(C(=O)N2CCC(CC(=O)O)C2)CC1. The van der Waals surface area contributed by atoms with Crippen LogP contribution in [0.1, 0.15) is 32.6 Å². The number of aliphatic carboxylic acids is 1. The van der Waals surface area contributed by atoms with Crippen LogP contribution < -0.4 is 0 Å². The number of ether oxygens (including phenoxy) is 1. The molecule has 6 heteroatoms. The predicted molar refractivity (Wildman–Crippen MR) is 73.5 cm³/mol. The zero-order chi connectivity index (χ0) is 14.5. The number of amides is 2. The summed E-state index contributed by atoms with van der Waals surface area (Å²) >= 11 is 0. The number of piperidine rings is 1. The first-order valence-corrected chi connectivity index (χ1v) is 7.47. The van der Waals surface area contributed by atoms with Gasteiger partial charge in [0.15, 0.2) is 0 Å². The van der Waals surface area contributed by atoms with Crippen molar-refractivity contribution in [3.8, 4) is 0 Å². The molecule has 2 aliphatic rings. The summed E-state index contributed by atoms with van der Waals surface area (Å²) in [6, 6.07) is 0.0628. The van der Waals surface area contributed by atoms with Gasteiger partial charge in [0.1, 0.15) is 0 Å². The molecule has 0 saturated carbocycles. The number of carboxylic acid groups (broad SMARTS) is 1. The minimum Gasteiger partial charge on any atom is -0.481 e. The summed E-state index contributed by atoms with van der Waals surface area (Å²) in [5.41, 5.74) is 0. The van der Waals surface area contributed by atoms with Gasteiger partial charge in [-0.25, -0.2) is 4.79 Å². The van der Waals surface area contributed by atoms with E-state index in [1.165, 1.54) is 0 Å². The van der Waals surface area contributed by atoms with Crippen LogP contribution in [0.15, 0.2) is 0 Å². The lowest BCUT2D eigenvalue weighted by molar-refractivity contribution is -0.138. The van der Waals surface area contributed by atoms with Crippen LogP contribution in [0.4, 0.5) is 4.79 Å². The molecule has 2 saturated heterocycles. The van der Waals surface area contributed by atoms with Gasteiger partial charge in [-0.3, -0.25) is 4.79 Å². The lowest BCUT2D eigenvalue weighted by atomic mass is 10.1. The molecule has 0 aromatic heterocycles. The number of carboxylic acids is 1. The Morgan fingerprint density at radius 1 is 1.15 bits per heavy atom. The summed E-state index contributed by atoms with van der Waals surface area (Å²) in [6.45, 7) is 5.46. The van der Waals surface area contributed by atoms with Crippen LogP contribution in [0, 0.1) is 5.92 Å². The van der Waals surface area contributed by atoms with Crippen molar-refractivity contribution in [3.63, 3.8) is 0 Å². The highest BCUT2D eigenvalue weighted by Crippen LogP contribution is 2.22. The smallest absolute Gasteiger partial charge is 0.320 e. The number of carbonyl (C=O) groups excluding carboxylic acids is 1. The van der Waals surface area contributed by atoms with E-state index in [2.05, 4.69) is 0 Å². The summed E-state index contributed by atoms with van der Waals surface area (Å²) in [7, 11) is 0. The number of nitrogens with zero attached hydrogens (tertiary/aromatic N) is 2. The van der Waals surface area contributed by atoms with E-state index in [1.54, 1.807) is 4.90 Å². The van der Waals surface area contributed by atoms with Gasteiger partial charge in [-0.2, -0.15) is 0 Å². The van der Waals surface area contributed by atoms with E-state index < -0.39 is 5.97 Å². The highest BCUT2D eigenvalue weighted by molar-refractivity contribution is 5.75. The lowest BCUT2D eigenvalue weighted by Gasteiger charge is -2.34. The zero-order valence-corrected chi connectivity index (χ0v) is 12.1. The molecule has 0 bridgehead atoms. The molecule has 2 rings (SSSR count). The van der Waals surface area contributed by atoms with E-state index in [0.717, 1.165) is 39.0 Å². The second-order valence-corrected chi connectivity index (χ2v) is 5.62. The number of carbonyl (C=O) groups is 2. The third-order valence-corrected chi connectivity index (χ3v) is 4.13. The molecule has 2 fully saturated rings. The Morgan fingerprint density at radius 3 is 2.40 bits per heavy atom. The third-order valence-electron chi connectivity index (χ3n) is 4.13. The maximum atomic E-state index is 12.4. The first-order valence-electron chi connectivity index (χ1n) is 7.47. The van der Waals surface area contributed by atoms with E-state index in [1.807, 2.05) is 11.8 Å². The molecular formula is C14H24N2O4. The Hall–Kier alpha value is -1.30. The van der Waals surface area contributed by atoms with Crippen molar-refractivity contribution in [1.82, 2.24) is 9.80 Å². The summed E-state index contributed by atoms with van der Waals surface area (Å²) < 4.78 is 5.58. The summed E-state index contributed by atoms with van der Waals surface area (Å²) in [6.07, 6.45) is 3.03. The fourth-order valence-electron chi connectivity index (χ4n) is 3.07. The van der Waals surface area contributed by atoms with Gasteiger partial charge < -0.3 is 19.6 Å². The Bertz CT molecular complexity index is 353. The van der Waals surface area contributed by atoms with Gasteiger partial charge in [0, 0.05) is 39.2 Å². The number of hydrogen-bond acceptors (Lipinski definition) is 3. The maximum Gasteiger partial charge on any atom is 0.320 e. The number of urea groups is 1. The zero-order valence-electron chi connectivity index (χ0n) is 12.1. The van der Waals surface area contributed by atoms with Crippen molar-refractivity contribution in [3.05, 3.63) is 0 Å². The largest absolute Gasteiger partial charge is 0.481 e. The highest BCUT2D eigenvalue weighted by Gasteiger charge is 2.32. The van der Waals surface area contributed by atoms with Gasteiger partial charge in [0.25, 0.3) is 0 Å². The molecule has 114 valence electrons. The Morgan fingerprint density at radius 2 is 1.80 bits per heavy atom. The van der Waals surface area contributed by atoms with Crippen LogP contribution >= 0.6 is 0 Å². The Kier molecular flexibility index (Phi) is 5.23. The van der Waals surface area contributed by atoms with Crippen molar-refractivity contribution in [2.45, 2.75) is 38.7 Å². The molecular weight excluding hydrogens is 260 g/mol. The van der Waals surface area contributed by atoms with Gasteiger partial charge in [0.2, 0.25) is 0 Å². The molecule has 0 spiro atoms. The molecule has 0 aromatic carbocycles. The molecule has 20 heavy (non-hydrogen) atoms. The number of rotatable bonds is 4. The second kappa shape index (κ2) is 6.92. The molecule has 2 aliphatic heterocycles. The molecule has 1 unspecified atom stereocenters. The summed E-state index contributed by atoms with van der Waals surface area (Å²) in [4.78, 5) is 26.7. The fraction of sp³-hybridized carbons (Fsp3) is 0.857. The molecule has 2 heterocycles. The van der Waals surface area contributed by atoms with Gasteiger partial charge in [-0.05, 0) is 32.1 Å². The van der Waals surface area contributed by atoms with E-state index in [4.69, 9.17) is 9.84 Å². The summed E-state index contributed by atoms with van der Waals surface area (Å²) in [5, 5.41) is 8.80. The van der Waals surface area contributed by atoms with E-state index in [0.29, 0.717) is 13.1 Å². The first-order chi connectivity index (χ1) is 9.60. The van der Waals surface area contributed by atoms with Crippen LogP contribution in [0.2, 0.25) is 0 Å². The van der Waals surface area contributed by atoms with Crippen LogP contribution in [-0.4, -0.2) is 65.8 Å². The average molecular weight is 284 g/mol. The maximum absolute atomic E-state index is 12.4. The van der Waals surface area contributed by atoms with Gasteiger partial charge >= 0.3 is 12.0 Å². The average Bonchev–Trinajstić information content (AvgIpc) is 2.87. The Balaban J connectivity index is 1.77. The molecule has 2 amide bonds. The third kappa shape index (κ3) is 3.85. The second-order valence-electron chi connectivity index (χ2n) is 5.62. The first kappa shape index (κ1) is 15.1.